The topological polar surface area (TPSA) is 55.8 Å². The lowest BCUT2D eigenvalue weighted by Gasteiger charge is -2.28. The van der Waals surface area contributed by atoms with Crippen molar-refractivity contribution < 1.29 is 19.1 Å². The lowest BCUT2D eigenvalue weighted by Crippen LogP contribution is -2.42. The third-order valence-electron chi connectivity index (χ3n) is 4.88. The molecule has 2 aromatic rings. The van der Waals surface area contributed by atoms with Gasteiger partial charge in [-0.25, -0.2) is 4.79 Å². The van der Waals surface area contributed by atoms with Gasteiger partial charge in [0.2, 0.25) is 0 Å². The van der Waals surface area contributed by atoms with E-state index in [4.69, 9.17) is 9.47 Å². The van der Waals surface area contributed by atoms with Crippen molar-refractivity contribution in [2.75, 3.05) is 13.2 Å². The first-order valence-corrected chi connectivity index (χ1v) is 10.1. The van der Waals surface area contributed by atoms with Crippen LogP contribution in [0.5, 0.6) is 5.75 Å². The van der Waals surface area contributed by atoms with Crippen LogP contribution in [0, 0.1) is 6.92 Å². The van der Waals surface area contributed by atoms with Crippen LogP contribution in [0.15, 0.2) is 48.5 Å². The van der Waals surface area contributed by atoms with E-state index >= 15 is 0 Å². The molecule has 154 valence electrons. The Morgan fingerprint density at radius 3 is 2.17 bits per heavy atom. The largest absolute Gasteiger partial charge is 0.491 e. The highest BCUT2D eigenvalue weighted by Gasteiger charge is 2.32. The molecule has 1 heterocycles. The Morgan fingerprint density at radius 1 is 1.00 bits per heavy atom. The highest BCUT2D eigenvalue weighted by Crippen LogP contribution is 2.23. The standard InChI is InChI=1S/C24H29NO4/c1-17-7-9-18(10-8-17)22(26)19-11-13-21(14-12-19)28-16-20-6-5-15-25(20)23(27)29-24(2,3)4/h7-14,20H,5-6,15-16H2,1-4H3. The summed E-state index contributed by atoms with van der Waals surface area (Å²) in [6.07, 6.45) is 1.54. The number of likely N-dealkylation sites (tertiary alicyclic amines) is 1. The summed E-state index contributed by atoms with van der Waals surface area (Å²) in [5, 5.41) is 0. The van der Waals surface area contributed by atoms with Gasteiger partial charge in [-0.3, -0.25) is 4.79 Å². The number of amides is 1. The van der Waals surface area contributed by atoms with Crippen molar-refractivity contribution in [3.8, 4) is 5.75 Å². The Morgan fingerprint density at radius 2 is 1.59 bits per heavy atom. The summed E-state index contributed by atoms with van der Waals surface area (Å²) in [5.41, 5.74) is 1.91. The summed E-state index contributed by atoms with van der Waals surface area (Å²) < 4.78 is 11.4. The number of aryl methyl sites for hydroxylation is 1. The molecule has 0 spiro atoms. The average molecular weight is 395 g/mol. The van der Waals surface area contributed by atoms with Gasteiger partial charge in [0.15, 0.2) is 5.78 Å². The smallest absolute Gasteiger partial charge is 0.410 e. The van der Waals surface area contributed by atoms with Crippen molar-refractivity contribution in [3.05, 3.63) is 65.2 Å². The van der Waals surface area contributed by atoms with Crippen molar-refractivity contribution in [1.29, 1.82) is 0 Å². The van der Waals surface area contributed by atoms with Gasteiger partial charge in [0, 0.05) is 17.7 Å². The first-order chi connectivity index (χ1) is 13.7. The van der Waals surface area contributed by atoms with Crippen molar-refractivity contribution in [1.82, 2.24) is 4.90 Å². The maximum Gasteiger partial charge on any atom is 0.410 e. The van der Waals surface area contributed by atoms with E-state index < -0.39 is 5.60 Å². The predicted molar refractivity (Wildman–Crippen MR) is 113 cm³/mol. The highest BCUT2D eigenvalue weighted by molar-refractivity contribution is 6.09. The molecule has 1 fully saturated rings. The molecule has 1 unspecified atom stereocenters. The molecular weight excluding hydrogens is 366 g/mol. The van der Waals surface area contributed by atoms with E-state index in [9.17, 15) is 9.59 Å². The zero-order valence-electron chi connectivity index (χ0n) is 17.6. The molecule has 0 bridgehead atoms. The molecule has 0 saturated carbocycles. The maximum absolute atomic E-state index is 12.6. The number of carbonyl (C=O) groups excluding carboxylic acids is 2. The normalized spacial score (nSPS) is 16.6. The maximum atomic E-state index is 12.6. The predicted octanol–water partition coefficient (Wildman–Crippen LogP) is 5.00. The van der Waals surface area contributed by atoms with E-state index in [1.54, 1.807) is 29.2 Å². The molecule has 5 nitrogen and oxygen atoms in total. The van der Waals surface area contributed by atoms with Gasteiger partial charge in [-0.1, -0.05) is 29.8 Å². The van der Waals surface area contributed by atoms with Crippen LogP contribution in [0.1, 0.15) is 55.1 Å². The molecule has 0 N–H and O–H groups in total. The molecule has 5 heteroatoms. The lowest BCUT2D eigenvalue weighted by atomic mass is 10.0. The summed E-state index contributed by atoms with van der Waals surface area (Å²) in [6.45, 7) is 8.69. The fourth-order valence-corrected chi connectivity index (χ4v) is 3.34. The lowest BCUT2D eigenvalue weighted by molar-refractivity contribution is 0.0187. The van der Waals surface area contributed by atoms with Crippen LogP contribution in [-0.2, 0) is 4.74 Å². The van der Waals surface area contributed by atoms with E-state index in [1.165, 1.54) is 0 Å². The molecule has 0 radical (unpaired) electrons. The van der Waals surface area contributed by atoms with Gasteiger partial charge in [0.05, 0.1) is 6.04 Å². The fraction of sp³-hybridized carbons (Fsp3) is 0.417. The van der Waals surface area contributed by atoms with Gasteiger partial charge in [-0.2, -0.15) is 0 Å². The van der Waals surface area contributed by atoms with Gasteiger partial charge < -0.3 is 14.4 Å². The molecule has 1 saturated heterocycles. The molecule has 1 amide bonds. The fourth-order valence-electron chi connectivity index (χ4n) is 3.34. The van der Waals surface area contributed by atoms with Gasteiger partial charge in [0.1, 0.15) is 18.0 Å². The Labute approximate surface area is 172 Å². The number of nitrogens with zero attached hydrogens (tertiary/aromatic N) is 1. The minimum Gasteiger partial charge on any atom is -0.491 e. The van der Waals surface area contributed by atoms with Gasteiger partial charge >= 0.3 is 6.09 Å². The number of carbonyl (C=O) groups is 2. The minimum absolute atomic E-state index is 0.00119. The van der Waals surface area contributed by atoms with Crippen LogP contribution in [0.2, 0.25) is 0 Å². The quantitative estimate of drug-likeness (QED) is 0.668. The van der Waals surface area contributed by atoms with Crippen LogP contribution in [0.4, 0.5) is 4.79 Å². The highest BCUT2D eigenvalue weighted by atomic mass is 16.6. The zero-order chi connectivity index (χ0) is 21.0. The number of benzene rings is 2. The molecule has 3 rings (SSSR count). The average Bonchev–Trinajstić information content (AvgIpc) is 3.14. The number of ketones is 1. The summed E-state index contributed by atoms with van der Waals surface area (Å²) >= 11 is 0. The Bertz CT molecular complexity index is 850. The van der Waals surface area contributed by atoms with Crippen LogP contribution < -0.4 is 4.74 Å². The number of ether oxygens (including phenoxy) is 2. The summed E-state index contributed by atoms with van der Waals surface area (Å²) in [5.74, 6) is 0.671. The second-order valence-corrected chi connectivity index (χ2v) is 8.50. The first kappa shape index (κ1) is 20.9. The van der Waals surface area contributed by atoms with Gasteiger partial charge in [-0.05, 0) is 64.8 Å². The van der Waals surface area contributed by atoms with Crippen LogP contribution in [0.25, 0.3) is 0 Å². The molecule has 2 aromatic carbocycles. The molecule has 1 atom stereocenters. The Hall–Kier alpha value is -2.82. The van der Waals surface area contributed by atoms with E-state index in [0.29, 0.717) is 30.0 Å². The Kier molecular flexibility index (Phi) is 6.26. The number of hydrogen-bond acceptors (Lipinski definition) is 4. The third kappa shape index (κ3) is 5.59. The zero-order valence-corrected chi connectivity index (χ0v) is 17.6. The molecule has 0 aromatic heterocycles. The second kappa shape index (κ2) is 8.68. The first-order valence-electron chi connectivity index (χ1n) is 10.1. The van der Waals surface area contributed by atoms with Crippen molar-refractivity contribution in [2.45, 2.75) is 52.2 Å². The van der Waals surface area contributed by atoms with Crippen molar-refractivity contribution in [3.63, 3.8) is 0 Å². The summed E-state index contributed by atoms with van der Waals surface area (Å²) in [4.78, 5) is 26.7. The molecule has 1 aliphatic rings. The van der Waals surface area contributed by atoms with E-state index in [1.807, 2.05) is 52.0 Å². The van der Waals surface area contributed by atoms with Crippen LogP contribution in [0.3, 0.4) is 0 Å². The molecular formula is C24H29NO4. The van der Waals surface area contributed by atoms with Crippen molar-refractivity contribution in [2.24, 2.45) is 0 Å². The van der Waals surface area contributed by atoms with E-state index in [-0.39, 0.29) is 17.9 Å². The van der Waals surface area contributed by atoms with Crippen LogP contribution >= 0.6 is 0 Å². The number of hydrogen-bond donors (Lipinski definition) is 0. The Balaban J connectivity index is 1.58. The second-order valence-electron chi connectivity index (χ2n) is 8.50. The van der Waals surface area contributed by atoms with E-state index in [2.05, 4.69) is 0 Å². The molecule has 1 aliphatic heterocycles. The van der Waals surface area contributed by atoms with Gasteiger partial charge in [0.25, 0.3) is 0 Å². The molecule has 0 aliphatic carbocycles. The number of rotatable bonds is 5. The van der Waals surface area contributed by atoms with Gasteiger partial charge in [-0.15, -0.1) is 0 Å². The minimum atomic E-state index is -0.509. The molecule has 29 heavy (non-hydrogen) atoms. The SMILES string of the molecule is Cc1ccc(C(=O)c2ccc(OCC3CCCN3C(=O)OC(C)(C)C)cc2)cc1. The van der Waals surface area contributed by atoms with Crippen molar-refractivity contribution >= 4 is 11.9 Å². The van der Waals surface area contributed by atoms with E-state index in [0.717, 1.165) is 18.4 Å². The third-order valence-corrected chi connectivity index (χ3v) is 4.88. The monoisotopic (exact) mass is 395 g/mol. The summed E-state index contributed by atoms with van der Waals surface area (Å²) in [6, 6.07) is 14.7. The summed E-state index contributed by atoms with van der Waals surface area (Å²) in [7, 11) is 0. The van der Waals surface area contributed by atoms with Crippen LogP contribution in [-0.4, -0.2) is 41.6 Å².